The fourth-order valence-electron chi connectivity index (χ4n) is 2.91. The van der Waals surface area contributed by atoms with Crippen molar-refractivity contribution >= 4 is 11.9 Å². The Kier molecular flexibility index (Phi) is 7.82. The van der Waals surface area contributed by atoms with Gasteiger partial charge < -0.3 is 20.5 Å². The molecule has 0 saturated heterocycles. The fourth-order valence-corrected chi connectivity index (χ4v) is 2.91. The van der Waals surface area contributed by atoms with E-state index in [1.807, 2.05) is 54.6 Å². The molecule has 27 heavy (non-hydrogen) atoms. The van der Waals surface area contributed by atoms with Gasteiger partial charge in [-0.05, 0) is 43.1 Å². The molecule has 0 heterocycles. The molecule has 0 bridgehead atoms. The van der Waals surface area contributed by atoms with Crippen LogP contribution in [0, 0.1) is 0 Å². The highest BCUT2D eigenvalue weighted by Gasteiger charge is 2.22. The number of likely N-dealkylation sites (N-methyl/N-ethyl adjacent to an activating group) is 1. The fraction of sp³-hybridized carbons (Fsp3) is 0.333. The molecule has 0 radical (unpaired) electrons. The first-order chi connectivity index (χ1) is 13.0. The highest BCUT2D eigenvalue weighted by molar-refractivity contribution is 5.83. The van der Waals surface area contributed by atoms with Crippen LogP contribution in [0.1, 0.15) is 17.5 Å². The first-order valence-electron chi connectivity index (χ1n) is 8.88. The van der Waals surface area contributed by atoms with Gasteiger partial charge in [0.05, 0.1) is 19.6 Å². The maximum atomic E-state index is 12.7. The van der Waals surface area contributed by atoms with Crippen LogP contribution in [0.4, 0.5) is 0 Å². The third-order valence-corrected chi connectivity index (χ3v) is 4.36. The molecule has 0 unspecified atom stereocenters. The van der Waals surface area contributed by atoms with E-state index in [2.05, 4.69) is 10.6 Å². The van der Waals surface area contributed by atoms with E-state index in [4.69, 9.17) is 4.74 Å². The lowest BCUT2D eigenvalue weighted by Crippen LogP contribution is -2.49. The largest absolute Gasteiger partial charge is 0.497 e. The minimum Gasteiger partial charge on any atom is -0.497 e. The molecule has 2 atom stereocenters. The number of ether oxygens (including phenoxy) is 1. The van der Waals surface area contributed by atoms with Crippen molar-refractivity contribution in [1.82, 2.24) is 10.6 Å². The second kappa shape index (κ2) is 10.3. The number of carboxylic acids is 1. The van der Waals surface area contributed by atoms with E-state index in [9.17, 15) is 14.7 Å². The first-order valence-corrected chi connectivity index (χ1v) is 8.88. The van der Waals surface area contributed by atoms with E-state index < -0.39 is 18.1 Å². The predicted molar refractivity (Wildman–Crippen MR) is 104 cm³/mol. The zero-order valence-electron chi connectivity index (χ0n) is 15.6. The molecule has 0 saturated carbocycles. The number of aliphatic carboxylic acids is 1. The lowest BCUT2D eigenvalue weighted by atomic mass is 10.0. The van der Waals surface area contributed by atoms with Gasteiger partial charge in [-0.2, -0.15) is 0 Å². The van der Waals surface area contributed by atoms with Crippen LogP contribution in [0.5, 0.6) is 5.75 Å². The highest BCUT2D eigenvalue weighted by Crippen LogP contribution is 2.14. The summed E-state index contributed by atoms with van der Waals surface area (Å²) in [6.45, 7) is 0. The highest BCUT2D eigenvalue weighted by atomic mass is 16.5. The van der Waals surface area contributed by atoms with Gasteiger partial charge in [0.25, 0.3) is 0 Å². The molecule has 144 valence electrons. The SMILES string of the molecule is CN[C@@H](Cc1ccccc1)C(=O)N[C@H](CC(=O)O)Cc1ccc(OC)cc1. The number of carboxylic acid groups (broad SMARTS) is 1. The Hall–Kier alpha value is -2.86. The molecular weight excluding hydrogens is 344 g/mol. The monoisotopic (exact) mass is 370 g/mol. The molecule has 6 nitrogen and oxygen atoms in total. The number of hydrogen-bond acceptors (Lipinski definition) is 4. The van der Waals surface area contributed by atoms with E-state index in [0.29, 0.717) is 12.8 Å². The van der Waals surface area contributed by atoms with E-state index in [1.165, 1.54) is 0 Å². The normalized spacial score (nSPS) is 12.8. The number of carbonyl (C=O) groups excluding carboxylic acids is 1. The number of benzene rings is 2. The van der Waals surface area contributed by atoms with Crippen molar-refractivity contribution in [3.05, 3.63) is 65.7 Å². The Morgan fingerprint density at radius 3 is 2.19 bits per heavy atom. The van der Waals surface area contributed by atoms with Gasteiger partial charge in [0.1, 0.15) is 5.75 Å². The molecule has 0 spiro atoms. The van der Waals surface area contributed by atoms with Crippen molar-refractivity contribution in [2.24, 2.45) is 0 Å². The van der Waals surface area contributed by atoms with Gasteiger partial charge in [-0.3, -0.25) is 9.59 Å². The number of hydrogen-bond donors (Lipinski definition) is 3. The van der Waals surface area contributed by atoms with Crippen LogP contribution in [-0.4, -0.2) is 43.2 Å². The van der Waals surface area contributed by atoms with Crippen LogP contribution in [-0.2, 0) is 22.4 Å². The van der Waals surface area contributed by atoms with Crippen LogP contribution >= 0.6 is 0 Å². The van der Waals surface area contributed by atoms with E-state index in [-0.39, 0.29) is 12.3 Å². The van der Waals surface area contributed by atoms with Gasteiger partial charge in [0, 0.05) is 6.04 Å². The maximum absolute atomic E-state index is 12.7. The number of nitrogens with one attached hydrogen (secondary N) is 2. The molecule has 0 aliphatic heterocycles. The lowest BCUT2D eigenvalue weighted by molar-refractivity contribution is -0.137. The van der Waals surface area contributed by atoms with E-state index >= 15 is 0 Å². The molecule has 2 aromatic carbocycles. The lowest BCUT2D eigenvalue weighted by Gasteiger charge is -2.22. The summed E-state index contributed by atoms with van der Waals surface area (Å²) < 4.78 is 5.13. The summed E-state index contributed by atoms with van der Waals surface area (Å²) in [6.07, 6.45) is 0.828. The second-order valence-electron chi connectivity index (χ2n) is 6.39. The van der Waals surface area contributed by atoms with Crippen LogP contribution in [0.25, 0.3) is 0 Å². The van der Waals surface area contributed by atoms with Gasteiger partial charge in [-0.15, -0.1) is 0 Å². The summed E-state index contributed by atoms with van der Waals surface area (Å²) >= 11 is 0. The smallest absolute Gasteiger partial charge is 0.305 e. The van der Waals surface area contributed by atoms with Gasteiger partial charge in [0.2, 0.25) is 5.91 Å². The summed E-state index contributed by atoms with van der Waals surface area (Å²) in [5, 5.41) is 15.1. The quantitative estimate of drug-likeness (QED) is 0.596. The Balaban J connectivity index is 2.03. The topological polar surface area (TPSA) is 87.7 Å². The molecular formula is C21H26N2O4. The first kappa shape index (κ1) is 20.5. The average Bonchev–Trinajstić information content (AvgIpc) is 2.67. The zero-order chi connectivity index (χ0) is 19.6. The predicted octanol–water partition coefficient (Wildman–Crippen LogP) is 2.03. The summed E-state index contributed by atoms with van der Waals surface area (Å²) in [5.74, 6) is -0.422. The van der Waals surface area contributed by atoms with E-state index in [1.54, 1.807) is 14.2 Å². The zero-order valence-corrected chi connectivity index (χ0v) is 15.6. The molecule has 3 N–H and O–H groups in total. The van der Waals surface area contributed by atoms with Gasteiger partial charge in [0.15, 0.2) is 0 Å². The van der Waals surface area contributed by atoms with Crippen molar-refractivity contribution < 1.29 is 19.4 Å². The summed E-state index contributed by atoms with van der Waals surface area (Å²) in [7, 11) is 3.32. The summed E-state index contributed by atoms with van der Waals surface area (Å²) in [4.78, 5) is 23.9. The maximum Gasteiger partial charge on any atom is 0.305 e. The minimum absolute atomic E-state index is 0.139. The Morgan fingerprint density at radius 2 is 1.63 bits per heavy atom. The van der Waals surface area contributed by atoms with Gasteiger partial charge >= 0.3 is 5.97 Å². The third kappa shape index (κ3) is 6.75. The van der Waals surface area contributed by atoms with Crippen molar-refractivity contribution in [1.29, 1.82) is 0 Å². The number of methoxy groups -OCH3 is 1. The third-order valence-electron chi connectivity index (χ3n) is 4.36. The molecule has 0 fully saturated rings. The minimum atomic E-state index is -0.946. The van der Waals surface area contributed by atoms with Crippen LogP contribution in [0.3, 0.4) is 0 Å². The molecule has 0 aliphatic carbocycles. The average molecular weight is 370 g/mol. The molecule has 6 heteroatoms. The molecule has 1 amide bonds. The summed E-state index contributed by atoms with van der Waals surface area (Å²) in [5.41, 5.74) is 1.98. The standard InChI is InChI=1S/C21H26N2O4/c1-22-19(13-15-6-4-3-5-7-15)21(26)23-17(14-20(24)25)12-16-8-10-18(27-2)11-9-16/h3-11,17,19,22H,12-14H2,1-2H3,(H,23,26)(H,24,25)/t17-,19-/m0/s1. The number of carbonyl (C=O) groups is 2. The Bertz CT molecular complexity index is 732. The number of rotatable bonds is 10. The molecule has 0 aliphatic rings. The molecule has 2 aromatic rings. The van der Waals surface area contributed by atoms with Crippen molar-refractivity contribution in [3.8, 4) is 5.75 Å². The van der Waals surface area contributed by atoms with Crippen molar-refractivity contribution in [2.75, 3.05) is 14.2 Å². The van der Waals surface area contributed by atoms with Crippen LogP contribution in [0.2, 0.25) is 0 Å². The molecule has 2 rings (SSSR count). The molecule has 0 aromatic heterocycles. The number of amides is 1. The Morgan fingerprint density at radius 1 is 1.00 bits per heavy atom. The summed E-state index contributed by atoms with van der Waals surface area (Å²) in [6, 6.07) is 16.2. The van der Waals surface area contributed by atoms with E-state index in [0.717, 1.165) is 16.9 Å². The van der Waals surface area contributed by atoms with Crippen molar-refractivity contribution in [3.63, 3.8) is 0 Å². The Labute approximate surface area is 159 Å². The van der Waals surface area contributed by atoms with Crippen LogP contribution in [0.15, 0.2) is 54.6 Å². The van der Waals surface area contributed by atoms with Crippen LogP contribution < -0.4 is 15.4 Å². The van der Waals surface area contributed by atoms with Gasteiger partial charge in [-0.1, -0.05) is 42.5 Å². The van der Waals surface area contributed by atoms with Gasteiger partial charge in [-0.25, -0.2) is 0 Å². The second-order valence-corrected chi connectivity index (χ2v) is 6.39. The van der Waals surface area contributed by atoms with Crippen molar-refractivity contribution in [2.45, 2.75) is 31.3 Å².